The fraction of sp³-hybridized carbons (Fsp3) is 0.294. The molecule has 3 nitrogen and oxygen atoms in total. The molecule has 0 fully saturated rings. The number of aromatic nitrogens is 1. The first kappa shape index (κ1) is 14.3. The Balaban J connectivity index is 2.29. The molecule has 0 saturated heterocycles. The molecule has 104 valence electrons. The van der Waals surface area contributed by atoms with E-state index in [1.165, 1.54) is 5.56 Å². The second-order valence-corrected chi connectivity index (χ2v) is 5.90. The fourth-order valence-electron chi connectivity index (χ4n) is 2.27. The molecule has 1 aromatic carbocycles. The van der Waals surface area contributed by atoms with Gasteiger partial charge in [-0.15, -0.1) is 0 Å². The van der Waals surface area contributed by atoms with Crippen molar-refractivity contribution in [1.29, 1.82) is 0 Å². The van der Waals surface area contributed by atoms with E-state index in [0.29, 0.717) is 5.69 Å². The first-order valence-corrected chi connectivity index (χ1v) is 6.72. The van der Waals surface area contributed by atoms with E-state index in [9.17, 15) is 4.79 Å². The number of carbonyl (C=O) groups is 1. The summed E-state index contributed by atoms with van der Waals surface area (Å²) in [5.74, 6) is -0.181. The molecule has 0 aliphatic rings. The van der Waals surface area contributed by atoms with Gasteiger partial charge in [0.25, 0.3) is 5.91 Å². The summed E-state index contributed by atoms with van der Waals surface area (Å²) >= 11 is 0. The van der Waals surface area contributed by atoms with Gasteiger partial charge in [-0.1, -0.05) is 39.0 Å². The standard InChI is InChI=1S/C17H20N2O/c1-12-13(17(2,3)4)8-7-10-14(12)19-16(20)15-9-5-6-11-18-15/h5-11H,1-4H3,(H,19,20). The van der Waals surface area contributed by atoms with E-state index in [2.05, 4.69) is 37.1 Å². The summed E-state index contributed by atoms with van der Waals surface area (Å²) in [5, 5.41) is 2.94. The van der Waals surface area contributed by atoms with Crippen LogP contribution < -0.4 is 5.32 Å². The van der Waals surface area contributed by atoms with Crippen molar-refractivity contribution in [2.24, 2.45) is 0 Å². The van der Waals surface area contributed by atoms with Gasteiger partial charge in [0.2, 0.25) is 0 Å². The van der Waals surface area contributed by atoms with E-state index in [1.807, 2.05) is 19.1 Å². The smallest absolute Gasteiger partial charge is 0.274 e. The van der Waals surface area contributed by atoms with Crippen molar-refractivity contribution in [3.05, 3.63) is 59.4 Å². The second kappa shape index (κ2) is 5.45. The monoisotopic (exact) mass is 268 g/mol. The molecule has 0 atom stereocenters. The van der Waals surface area contributed by atoms with Crippen molar-refractivity contribution in [2.45, 2.75) is 33.1 Å². The molecule has 0 spiro atoms. The highest BCUT2D eigenvalue weighted by atomic mass is 16.1. The predicted molar refractivity (Wildman–Crippen MR) is 82.1 cm³/mol. The highest BCUT2D eigenvalue weighted by Gasteiger charge is 2.18. The molecule has 0 bridgehead atoms. The van der Waals surface area contributed by atoms with Gasteiger partial charge < -0.3 is 5.32 Å². The summed E-state index contributed by atoms with van der Waals surface area (Å²) in [6.07, 6.45) is 1.62. The number of anilines is 1. The second-order valence-electron chi connectivity index (χ2n) is 5.90. The van der Waals surface area contributed by atoms with Gasteiger partial charge in [-0.3, -0.25) is 9.78 Å². The average molecular weight is 268 g/mol. The molecule has 0 radical (unpaired) electrons. The fourth-order valence-corrected chi connectivity index (χ4v) is 2.27. The molecule has 0 saturated carbocycles. The summed E-state index contributed by atoms with van der Waals surface area (Å²) < 4.78 is 0. The topological polar surface area (TPSA) is 42.0 Å². The van der Waals surface area contributed by atoms with Crippen LogP contribution in [0.2, 0.25) is 0 Å². The van der Waals surface area contributed by atoms with Crippen LogP contribution >= 0.6 is 0 Å². The number of rotatable bonds is 2. The van der Waals surface area contributed by atoms with Gasteiger partial charge in [-0.25, -0.2) is 0 Å². The summed E-state index contributed by atoms with van der Waals surface area (Å²) in [6, 6.07) is 11.3. The average Bonchev–Trinajstić information content (AvgIpc) is 2.40. The zero-order chi connectivity index (χ0) is 14.8. The Morgan fingerprint density at radius 1 is 1.10 bits per heavy atom. The van der Waals surface area contributed by atoms with Crippen molar-refractivity contribution in [1.82, 2.24) is 4.98 Å². The predicted octanol–water partition coefficient (Wildman–Crippen LogP) is 3.94. The molecular weight excluding hydrogens is 248 g/mol. The third-order valence-corrected chi connectivity index (χ3v) is 3.29. The number of hydrogen-bond donors (Lipinski definition) is 1. The number of nitrogens with one attached hydrogen (secondary N) is 1. The summed E-state index contributed by atoms with van der Waals surface area (Å²) in [4.78, 5) is 16.2. The normalized spacial score (nSPS) is 11.2. The SMILES string of the molecule is Cc1c(NC(=O)c2ccccn2)cccc1C(C)(C)C. The number of pyridine rings is 1. The Morgan fingerprint density at radius 3 is 2.45 bits per heavy atom. The zero-order valence-corrected chi connectivity index (χ0v) is 12.4. The Bertz CT molecular complexity index is 613. The lowest BCUT2D eigenvalue weighted by Gasteiger charge is -2.23. The maximum absolute atomic E-state index is 12.2. The van der Waals surface area contributed by atoms with Crippen LogP contribution in [0.15, 0.2) is 42.6 Å². The lowest BCUT2D eigenvalue weighted by Crippen LogP contribution is -2.17. The van der Waals surface area contributed by atoms with Gasteiger partial charge >= 0.3 is 0 Å². The van der Waals surface area contributed by atoms with Crippen LogP contribution in [0.3, 0.4) is 0 Å². The number of hydrogen-bond acceptors (Lipinski definition) is 2. The van der Waals surface area contributed by atoms with Gasteiger partial charge in [0.15, 0.2) is 0 Å². The zero-order valence-electron chi connectivity index (χ0n) is 12.4. The Labute approximate surface area is 120 Å². The van der Waals surface area contributed by atoms with Gasteiger partial charge in [0.05, 0.1) is 0 Å². The van der Waals surface area contributed by atoms with Crippen molar-refractivity contribution in [2.75, 3.05) is 5.32 Å². The van der Waals surface area contributed by atoms with Crippen LogP contribution in [-0.4, -0.2) is 10.9 Å². The van der Waals surface area contributed by atoms with Gasteiger partial charge in [0.1, 0.15) is 5.69 Å². The van der Waals surface area contributed by atoms with E-state index in [-0.39, 0.29) is 11.3 Å². The molecule has 1 amide bonds. The van der Waals surface area contributed by atoms with Crippen LogP contribution in [0.5, 0.6) is 0 Å². The quantitative estimate of drug-likeness (QED) is 0.896. The Morgan fingerprint density at radius 2 is 1.85 bits per heavy atom. The van der Waals surface area contributed by atoms with Gasteiger partial charge in [-0.2, -0.15) is 0 Å². The van der Waals surface area contributed by atoms with Crippen molar-refractivity contribution < 1.29 is 4.79 Å². The highest BCUT2D eigenvalue weighted by molar-refractivity contribution is 6.03. The first-order valence-electron chi connectivity index (χ1n) is 6.72. The minimum atomic E-state index is -0.181. The molecule has 0 aliphatic carbocycles. The molecule has 2 aromatic rings. The van der Waals surface area contributed by atoms with E-state index in [1.54, 1.807) is 24.4 Å². The minimum absolute atomic E-state index is 0.0514. The molecule has 3 heteroatoms. The van der Waals surface area contributed by atoms with Crippen LogP contribution in [-0.2, 0) is 5.41 Å². The number of amides is 1. The Hall–Kier alpha value is -2.16. The van der Waals surface area contributed by atoms with Crippen LogP contribution in [0, 0.1) is 6.92 Å². The van der Waals surface area contributed by atoms with Gasteiger partial charge in [0, 0.05) is 11.9 Å². The van der Waals surface area contributed by atoms with Crippen LogP contribution in [0.1, 0.15) is 42.4 Å². The molecule has 2 rings (SSSR count). The van der Waals surface area contributed by atoms with Crippen molar-refractivity contribution >= 4 is 11.6 Å². The molecule has 1 N–H and O–H groups in total. The summed E-state index contributed by atoms with van der Waals surface area (Å²) in [5.41, 5.74) is 3.65. The molecule has 0 unspecified atom stereocenters. The summed E-state index contributed by atoms with van der Waals surface area (Å²) in [6.45, 7) is 8.54. The van der Waals surface area contributed by atoms with Crippen LogP contribution in [0.4, 0.5) is 5.69 Å². The van der Waals surface area contributed by atoms with E-state index < -0.39 is 0 Å². The lowest BCUT2D eigenvalue weighted by molar-refractivity contribution is 0.102. The van der Waals surface area contributed by atoms with Gasteiger partial charge in [-0.05, 0) is 41.7 Å². The maximum atomic E-state index is 12.2. The largest absolute Gasteiger partial charge is 0.320 e. The molecule has 1 heterocycles. The van der Waals surface area contributed by atoms with Crippen LogP contribution in [0.25, 0.3) is 0 Å². The molecule has 20 heavy (non-hydrogen) atoms. The van der Waals surface area contributed by atoms with E-state index >= 15 is 0 Å². The first-order chi connectivity index (χ1) is 9.39. The van der Waals surface area contributed by atoms with E-state index in [4.69, 9.17) is 0 Å². The third-order valence-electron chi connectivity index (χ3n) is 3.29. The third kappa shape index (κ3) is 3.05. The molecule has 0 aliphatic heterocycles. The summed E-state index contributed by atoms with van der Waals surface area (Å²) in [7, 11) is 0. The van der Waals surface area contributed by atoms with Crippen molar-refractivity contribution in [3.63, 3.8) is 0 Å². The lowest BCUT2D eigenvalue weighted by atomic mass is 9.83. The number of benzene rings is 1. The highest BCUT2D eigenvalue weighted by Crippen LogP contribution is 2.29. The van der Waals surface area contributed by atoms with Crippen molar-refractivity contribution in [3.8, 4) is 0 Å². The Kier molecular flexibility index (Phi) is 3.89. The molecule has 1 aromatic heterocycles. The number of carbonyl (C=O) groups excluding carboxylic acids is 1. The van der Waals surface area contributed by atoms with E-state index in [0.717, 1.165) is 11.3 Å². The minimum Gasteiger partial charge on any atom is -0.320 e. The molecular formula is C17H20N2O. The number of nitrogens with zero attached hydrogens (tertiary/aromatic N) is 1. The maximum Gasteiger partial charge on any atom is 0.274 e.